The summed E-state index contributed by atoms with van der Waals surface area (Å²) in [4.78, 5) is 49.8. The van der Waals surface area contributed by atoms with E-state index in [0.29, 0.717) is 5.02 Å². The molecule has 0 saturated carbocycles. The van der Waals surface area contributed by atoms with Crippen molar-refractivity contribution in [3.05, 3.63) is 75.8 Å². The van der Waals surface area contributed by atoms with Gasteiger partial charge in [-0.25, -0.2) is 4.79 Å². The normalized spacial score (nSPS) is 12.6. The van der Waals surface area contributed by atoms with E-state index in [0.717, 1.165) is 4.90 Å². The Kier molecular flexibility index (Phi) is 6.00. The van der Waals surface area contributed by atoms with Crippen LogP contribution in [0, 0.1) is 0 Å². The summed E-state index contributed by atoms with van der Waals surface area (Å²) < 4.78 is 4.98. The Bertz CT molecular complexity index is 1050. The van der Waals surface area contributed by atoms with Crippen molar-refractivity contribution < 1.29 is 23.9 Å². The van der Waals surface area contributed by atoms with Crippen molar-refractivity contribution in [1.82, 2.24) is 4.90 Å². The topological polar surface area (TPSA) is 92.8 Å². The number of hydrogen-bond donors (Lipinski definition) is 1. The van der Waals surface area contributed by atoms with Gasteiger partial charge in [-0.05, 0) is 36.4 Å². The Balaban J connectivity index is 1.66. The molecule has 3 rings (SSSR count). The van der Waals surface area contributed by atoms with Crippen LogP contribution in [0.25, 0.3) is 0 Å². The fourth-order valence-corrected chi connectivity index (χ4v) is 3.04. The summed E-state index contributed by atoms with van der Waals surface area (Å²) in [5, 5.41) is 3.14. The van der Waals surface area contributed by atoms with Crippen LogP contribution in [-0.4, -0.2) is 41.7 Å². The molecule has 1 heterocycles. The van der Waals surface area contributed by atoms with Crippen molar-refractivity contribution in [1.29, 1.82) is 0 Å². The first kappa shape index (κ1) is 20.6. The minimum absolute atomic E-state index is 0.0407. The first-order chi connectivity index (χ1) is 13.8. The van der Waals surface area contributed by atoms with Crippen LogP contribution >= 0.6 is 23.2 Å². The molecule has 0 saturated heterocycles. The Morgan fingerprint density at radius 2 is 1.79 bits per heavy atom. The van der Waals surface area contributed by atoms with Crippen molar-refractivity contribution in [3.63, 3.8) is 0 Å². The number of carbonyl (C=O) groups excluding carboxylic acids is 4. The number of nitrogens with zero attached hydrogens (tertiary/aromatic N) is 1. The molecule has 2 aromatic carbocycles. The number of rotatable bonds is 6. The van der Waals surface area contributed by atoms with Crippen LogP contribution in [0.5, 0.6) is 0 Å². The van der Waals surface area contributed by atoms with Gasteiger partial charge in [0.15, 0.2) is 6.61 Å². The van der Waals surface area contributed by atoms with E-state index >= 15 is 0 Å². The molecule has 1 N–H and O–H groups in total. The lowest BCUT2D eigenvalue weighted by Gasteiger charge is -2.09. The SMILES string of the molecule is C=CCN1C(=O)c2ccc(C(=O)OCC(=O)Nc3cc(Cl)ccc3Cl)cc2C1=O. The number of carbonyl (C=O) groups is 4. The summed E-state index contributed by atoms with van der Waals surface area (Å²) in [6, 6.07) is 8.55. The molecule has 148 valence electrons. The lowest BCUT2D eigenvalue weighted by atomic mass is 10.1. The van der Waals surface area contributed by atoms with Crippen LogP contribution in [0.4, 0.5) is 5.69 Å². The summed E-state index contributed by atoms with van der Waals surface area (Å²) in [7, 11) is 0. The number of amides is 3. The number of anilines is 1. The third-order valence-corrected chi connectivity index (χ3v) is 4.62. The van der Waals surface area contributed by atoms with Gasteiger partial charge in [0.25, 0.3) is 17.7 Å². The Morgan fingerprint density at radius 1 is 1.07 bits per heavy atom. The molecule has 0 fully saturated rings. The summed E-state index contributed by atoms with van der Waals surface area (Å²) in [5.41, 5.74) is 0.617. The minimum Gasteiger partial charge on any atom is -0.452 e. The zero-order valence-electron chi connectivity index (χ0n) is 14.9. The van der Waals surface area contributed by atoms with Gasteiger partial charge in [-0.15, -0.1) is 6.58 Å². The van der Waals surface area contributed by atoms with Crippen LogP contribution in [0.15, 0.2) is 49.1 Å². The molecule has 0 aromatic heterocycles. The highest BCUT2D eigenvalue weighted by molar-refractivity contribution is 6.35. The fraction of sp³-hybridized carbons (Fsp3) is 0.100. The lowest BCUT2D eigenvalue weighted by Crippen LogP contribution is -2.29. The number of hydrogen-bond acceptors (Lipinski definition) is 5. The Hall–Kier alpha value is -3.16. The maximum Gasteiger partial charge on any atom is 0.338 e. The molecule has 0 unspecified atom stereocenters. The number of imide groups is 1. The number of esters is 1. The van der Waals surface area contributed by atoms with E-state index in [9.17, 15) is 19.2 Å². The van der Waals surface area contributed by atoms with E-state index in [-0.39, 0.29) is 33.9 Å². The zero-order chi connectivity index (χ0) is 21.1. The quantitative estimate of drug-likeness (QED) is 0.427. The van der Waals surface area contributed by atoms with Crippen molar-refractivity contribution in [3.8, 4) is 0 Å². The third kappa shape index (κ3) is 4.31. The van der Waals surface area contributed by atoms with Gasteiger partial charge in [0, 0.05) is 11.6 Å². The van der Waals surface area contributed by atoms with Crippen molar-refractivity contribution in [2.24, 2.45) is 0 Å². The maximum atomic E-state index is 12.3. The maximum absolute atomic E-state index is 12.3. The molecule has 1 aliphatic heterocycles. The van der Waals surface area contributed by atoms with Gasteiger partial charge in [0.2, 0.25) is 0 Å². The molecule has 1 aliphatic rings. The average Bonchev–Trinajstić information content (AvgIpc) is 2.93. The molecule has 3 amide bonds. The second-order valence-electron chi connectivity index (χ2n) is 6.02. The van der Waals surface area contributed by atoms with Crippen LogP contribution < -0.4 is 5.32 Å². The summed E-state index contributed by atoms with van der Waals surface area (Å²) in [6.45, 7) is 3.00. The van der Waals surface area contributed by atoms with Gasteiger partial charge in [-0.3, -0.25) is 19.3 Å². The second-order valence-corrected chi connectivity index (χ2v) is 6.86. The Morgan fingerprint density at radius 3 is 2.52 bits per heavy atom. The molecule has 0 bridgehead atoms. The summed E-state index contributed by atoms with van der Waals surface area (Å²) in [5.74, 6) is -2.41. The smallest absolute Gasteiger partial charge is 0.338 e. The molecule has 0 atom stereocenters. The molecular formula is C20H14Cl2N2O5. The van der Waals surface area contributed by atoms with Gasteiger partial charge in [-0.1, -0.05) is 29.3 Å². The number of fused-ring (bicyclic) bond motifs is 1. The van der Waals surface area contributed by atoms with Crippen LogP contribution in [0.3, 0.4) is 0 Å². The molecule has 0 aliphatic carbocycles. The van der Waals surface area contributed by atoms with Gasteiger partial charge in [0.1, 0.15) is 0 Å². The highest BCUT2D eigenvalue weighted by atomic mass is 35.5. The summed E-state index contributed by atoms with van der Waals surface area (Å²) >= 11 is 11.8. The Labute approximate surface area is 175 Å². The minimum atomic E-state index is -0.817. The van der Waals surface area contributed by atoms with Crippen LogP contribution in [0.2, 0.25) is 10.0 Å². The highest BCUT2D eigenvalue weighted by Crippen LogP contribution is 2.26. The standard InChI is InChI=1S/C20H14Cl2N2O5/c1-2-7-24-18(26)13-5-3-11(8-14(13)19(24)27)20(28)29-10-17(25)23-16-9-12(21)4-6-15(16)22/h2-6,8-9H,1,7,10H2,(H,23,25). The zero-order valence-corrected chi connectivity index (χ0v) is 16.4. The average molecular weight is 433 g/mol. The third-order valence-electron chi connectivity index (χ3n) is 4.05. The van der Waals surface area contributed by atoms with E-state index in [1.54, 1.807) is 6.07 Å². The number of benzene rings is 2. The molecule has 9 heteroatoms. The fourth-order valence-electron chi connectivity index (χ4n) is 2.71. The van der Waals surface area contributed by atoms with Crippen molar-refractivity contribution in [2.75, 3.05) is 18.5 Å². The predicted molar refractivity (Wildman–Crippen MR) is 107 cm³/mol. The van der Waals surface area contributed by atoms with Crippen LogP contribution in [-0.2, 0) is 9.53 Å². The highest BCUT2D eigenvalue weighted by Gasteiger charge is 2.35. The van der Waals surface area contributed by atoms with Crippen molar-refractivity contribution >= 4 is 52.6 Å². The van der Waals surface area contributed by atoms with E-state index in [1.807, 2.05) is 0 Å². The van der Waals surface area contributed by atoms with Gasteiger partial charge >= 0.3 is 5.97 Å². The predicted octanol–water partition coefficient (Wildman–Crippen LogP) is 3.57. The van der Waals surface area contributed by atoms with E-state index in [4.69, 9.17) is 27.9 Å². The van der Waals surface area contributed by atoms with Crippen LogP contribution in [0.1, 0.15) is 31.1 Å². The van der Waals surface area contributed by atoms with Crippen molar-refractivity contribution in [2.45, 2.75) is 0 Å². The lowest BCUT2D eigenvalue weighted by molar-refractivity contribution is -0.119. The first-order valence-corrected chi connectivity index (χ1v) is 9.10. The van der Waals surface area contributed by atoms with Gasteiger partial charge in [-0.2, -0.15) is 0 Å². The molecule has 0 spiro atoms. The first-order valence-electron chi connectivity index (χ1n) is 8.35. The molecule has 7 nitrogen and oxygen atoms in total. The summed E-state index contributed by atoms with van der Waals surface area (Å²) in [6.07, 6.45) is 1.43. The number of nitrogens with one attached hydrogen (secondary N) is 1. The number of ether oxygens (including phenoxy) is 1. The van der Waals surface area contributed by atoms with Gasteiger partial charge in [0.05, 0.1) is 27.4 Å². The molecule has 0 radical (unpaired) electrons. The van der Waals surface area contributed by atoms with E-state index in [1.165, 1.54) is 36.4 Å². The molecule has 29 heavy (non-hydrogen) atoms. The molecular weight excluding hydrogens is 419 g/mol. The number of halogens is 2. The van der Waals surface area contributed by atoms with E-state index in [2.05, 4.69) is 11.9 Å². The largest absolute Gasteiger partial charge is 0.452 e. The second kappa shape index (κ2) is 8.46. The monoisotopic (exact) mass is 432 g/mol. The molecule has 2 aromatic rings. The van der Waals surface area contributed by atoms with Gasteiger partial charge < -0.3 is 10.1 Å². The van der Waals surface area contributed by atoms with E-state index < -0.39 is 30.3 Å².